The van der Waals surface area contributed by atoms with Crippen molar-refractivity contribution in [2.24, 2.45) is 5.41 Å². The number of carboxylic acids is 1. The van der Waals surface area contributed by atoms with Crippen LogP contribution in [0.4, 0.5) is 0 Å². The van der Waals surface area contributed by atoms with Gasteiger partial charge in [0.05, 0.1) is 0 Å². The average Bonchev–Trinajstić information content (AvgIpc) is 2.86. The second-order valence-electron chi connectivity index (χ2n) is 5.77. The van der Waals surface area contributed by atoms with Gasteiger partial charge in [0.15, 0.2) is 0 Å². The highest BCUT2D eigenvalue weighted by Gasteiger charge is 2.42. The van der Waals surface area contributed by atoms with Gasteiger partial charge in [-0.15, -0.1) is 0 Å². The van der Waals surface area contributed by atoms with Crippen molar-refractivity contribution in [1.82, 2.24) is 0 Å². The number of para-hydroxylation sites is 1. The van der Waals surface area contributed by atoms with Crippen LogP contribution < -0.4 is 4.74 Å². The monoisotopic (exact) mass is 262 g/mol. The molecule has 0 aromatic heterocycles. The smallest absolute Gasteiger partial charge is 0.313 e. The molecule has 1 aliphatic carbocycles. The van der Waals surface area contributed by atoms with Crippen LogP contribution in [0.1, 0.15) is 51.0 Å². The normalized spacial score (nSPS) is 17.6. The predicted octanol–water partition coefficient (Wildman–Crippen LogP) is 3.83. The molecule has 1 fully saturated rings. The van der Waals surface area contributed by atoms with Crippen LogP contribution in [0.2, 0.25) is 0 Å². The van der Waals surface area contributed by atoms with Crippen molar-refractivity contribution in [1.29, 1.82) is 0 Å². The van der Waals surface area contributed by atoms with Crippen molar-refractivity contribution in [2.75, 3.05) is 6.61 Å². The second kappa shape index (κ2) is 5.64. The van der Waals surface area contributed by atoms with Gasteiger partial charge in [0, 0.05) is 0 Å². The minimum atomic E-state index is -0.716. The first kappa shape index (κ1) is 13.9. The van der Waals surface area contributed by atoms with Gasteiger partial charge in [-0.25, -0.2) is 0 Å². The summed E-state index contributed by atoms with van der Waals surface area (Å²) in [6.07, 6.45) is 3.43. The Kier molecular flexibility index (Phi) is 4.13. The lowest BCUT2D eigenvalue weighted by molar-refractivity contribution is -0.150. The molecule has 0 amide bonds. The molecule has 3 nitrogen and oxygen atoms in total. The van der Waals surface area contributed by atoms with Crippen LogP contribution in [0, 0.1) is 5.41 Å². The van der Waals surface area contributed by atoms with Crippen LogP contribution >= 0.6 is 0 Å². The van der Waals surface area contributed by atoms with Crippen molar-refractivity contribution in [3.05, 3.63) is 29.8 Å². The first-order valence-electron chi connectivity index (χ1n) is 7.00. The van der Waals surface area contributed by atoms with Gasteiger partial charge in [-0.2, -0.15) is 0 Å². The van der Waals surface area contributed by atoms with Crippen LogP contribution in [-0.4, -0.2) is 17.7 Å². The summed E-state index contributed by atoms with van der Waals surface area (Å²) in [5.41, 5.74) is 0.463. The fraction of sp³-hybridized carbons (Fsp3) is 0.562. The van der Waals surface area contributed by atoms with E-state index in [9.17, 15) is 9.90 Å². The Morgan fingerprint density at radius 2 is 1.95 bits per heavy atom. The molecular formula is C16H22O3. The lowest BCUT2D eigenvalue weighted by Gasteiger charge is -2.25. The largest absolute Gasteiger partial charge is 0.492 e. The molecule has 19 heavy (non-hydrogen) atoms. The van der Waals surface area contributed by atoms with E-state index in [1.165, 1.54) is 0 Å². The zero-order valence-corrected chi connectivity index (χ0v) is 11.7. The number of carboxylic acid groups (broad SMARTS) is 1. The van der Waals surface area contributed by atoms with E-state index in [0.717, 1.165) is 37.0 Å². The summed E-state index contributed by atoms with van der Waals surface area (Å²) in [6.45, 7) is 4.52. The summed E-state index contributed by atoms with van der Waals surface area (Å²) in [7, 11) is 0. The van der Waals surface area contributed by atoms with Gasteiger partial charge < -0.3 is 9.84 Å². The van der Waals surface area contributed by atoms with E-state index in [1.54, 1.807) is 0 Å². The average molecular weight is 262 g/mol. The number of carbonyl (C=O) groups is 1. The Hall–Kier alpha value is -1.51. The Bertz CT molecular complexity index is 445. The molecule has 1 aliphatic rings. The summed E-state index contributed by atoms with van der Waals surface area (Å²) in [6, 6.07) is 7.90. The minimum absolute atomic E-state index is 0.284. The van der Waals surface area contributed by atoms with Crippen molar-refractivity contribution < 1.29 is 14.6 Å². The highest BCUT2D eigenvalue weighted by molar-refractivity contribution is 5.75. The maximum Gasteiger partial charge on any atom is 0.313 e. The van der Waals surface area contributed by atoms with Crippen molar-refractivity contribution >= 4 is 5.97 Å². The molecule has 0 atom stereocenters. The molecule has 2 rings (SSSR count). The first-order chi connectivity index (χ1) is 9.05. The summed E-state index contributed by atoms with van der Waals surface area (Å²) in [5.74, 6) is 0.484. The van der Waals surface area contributed by atoms with Gasteiger partial charge in [0.2, 0.25) is 0 Å². The molecule has 1 aromatic rings. The first-order valence-corrected chi connectivity index (χ1v) is 7.00. The van der Waals surface area contributed by atoms with E-state index in [2.05, 4.69) is 13.8 Å². The fourth-order valence-corrected chi connectivity index (χ4v) is 2.78. The fourth-order valence-electron chi connectivity index (χ4n) is 2.78. The van der Waals surface area contributed by atoms with Crippen LogP contribution in [0.3, 0.4) is 0 Å². The molecule has 0 bridgehead atoms. The highest BCUT2D eigenvalue weighted by Crippen LogP contribution is 2.39. The third-order valence-electron chi connectivity index (χ3n) is 4.06. The standard InChI is InChI=1S/C16H22O3/c1-12(2)13-7-3-4-8-14(13)19-11-16(15(17)18)9-5-6-10-16/h3-4,7-8,12H,5-6,9-11H2,1-2H3,(H,17,18). The van der Waals surface area contributed by atoms with Crippen molar-refractivity contribution in [2.45, 2.75) is 45.4 Å². The van der Waals surface area contributed by atoms with Crippen LogP contribution in [0.15, 0.2) is 24.3 Å². The topological polar surface area (TPSA) is 46.5 Å². The van der Waals surface area contributed by atoms with Gasteiger partial charge in [-0.05, 0) is 30.4 Å². The summed E-state index contributed by atoms with van der Waals surface area (Å²) in [5, 5.41) is 9.44. The summed E-state index contributed by atoms with van der Waals surface area (Å²) >= 11 is 0. The van der Waals surface area contributed by atoms with E-state index in [1.807, 2.05) is 24.3 Å². The number of rotatable bonds is 5. The predicted molar refractivity (Wildman–Crippen MR) is 74.6 cm³/mol. The summed E-state index contributed by atoms with van der Waals surface area (Å²) < 4.78 is 5.87. The van der Waals surface area contributed by atoms with E-state index in [0.29, 0.717) is 5.92 Å². The Morgan fingerprint density at radius 1 is 1.32 bits per heavy atom. The minimum Gasteiger partial charge on any atom is -0.492 e. The second-order valence-corrected chi connectivity index (χ2v) is 5.77. The Balaban J connectivity index is 2.12. The molecule has 104 valence electrons. The molecule has 3 heteroatoms. The van der Waals surface area contributed by atoms with Crippen LogP contribution in [0.5, 0.6) is 5.75 Å². The lowest BCUT2D eigenvalue weighted by atomic mass is 9.87. The lowest BCUT2D eigenvalue weighted by Crippen LogP contribution is -2.34. The van der Waals surface area contributed by atoms with Gasteiger partial charge >= 0.3 is 5.97 Å². The van der Waals surface area contributed by atoms with Gasteiger partial charge in [-0.3, -0.25) is 4.79 Å². The highest BCUT2D eigenvalue weighted by atomic mass is 16.5. The zero-order valence-electron chi connectivity index (χ0n) is 11.7. The molecule has 0 heterocycles. The van der Waals surface area contributed by atoms with Gasteiger partial charge in [0.25, 0.3) is 0 Å². The molecule has 0 aliphatic heterocycles. The SMILES string of the molecule is CC(C)c1ccccc1OCC1(C(=O)O)CCCC1. The third kappa shape index (κ3) is 2.91. The number of aliphatic carboxylic acids is 1. The molecule has 0 saturated heterocycles. The van der Waals surface area contributed by atoms with E-state index in [-0.39, 0.29) is 6.61 Å². The zero-order chi connectivity index (χ0) is 13.9. The Labute approximate surface area is 114 Å². The number of benzene rings is 1. The molecule has 1 N–H and O–H groups in total. The van der Waals surface area contributed by atoms with Gasteiger partial charge in [0.1, 0.15) is 17.8 Å². The van der Waals surface area contributed by atoms with Crippen LogP contribution in [0.25, 0.3) is 0 Å². The molecule has 0 spiro atoms. The molecule has 0 unspecified atom stereocenters. The maximum atomic E-state index is 11.5. The van der Waals surface area contributed by atoms with Crippen molar-refractivity contribution in [3.63, 3.8) is 0 Å². The maximum absolute atomic E-state index is 11.5. The van der Waals surface area contributed by atoms with E-state index in [4.69, 9.17) is 4.74 Å². The van der Waals surface area contributed by atoms with Gasteiger partial charge in [-0.1, -0.05) is 44.9 Å². The number of ether oxygens (including phenoxy) is 1. The number of hydrogen-bond acceptors (Lipinski definition) is 2. The Morgan fingerprint density at radius 3 is 2.53 bits per heavy atom. The molecule has 1 aromatic carbocycles. The van der Waals surface area contributed by atoms with E-state index < -0.39 is 11.4 Å². The van der Waals surface area contributed by atoms with Crippen molar-refractivity contribution in [3.8, 4) is 5.75 Å². The number of hydrogen-bond donors (Lipinski definition) is 1. The third-order valence-corrected chi connectivity index (χ3v) is 4.06. The summed E-state index contributed by atoms with van der Waals surface area (Å²) in [4.78, 5) is 11.5. The van der Waals surface area contributed by atoms with Crippen LogP contribution in [-0.2, 0) is 4.79 Å². The van der Waals surface area contributed by atoms with E-state index >= 15 is 0 Å². The molecule has 1 saturated carbocycles. The quantitative estimate of drug-likeness (QED) is 0.877. The molecule has 0 radical (unpaired) electrons. The molecular weight excluding hydrogens is 240 g/mol.